The fourth-order valence-electron chi connectivity index (χ4n) is 3.49. The van der Waals surface area contributed by atoms with Crippen molar-refractivity contribution < 1.29 is 14.6 Å². The predicted octanol–water partition coefficient (Wildman–Crippen LogP) is 2.72. The van der Waals surface area contributed by atoms with Crippen molar-refractivity contribution >= 4 is 5.91 Å². The number of nitrogens with zero attached hydrogens (tertiary/aromatic N) is 2. The quantitative estimate of drug-likeness (QED) is 0.612. The van der Waals surface area contributed by atoms with E-state index in [1.54, 1.807) is 25.4 Å². The maximum absolute atomic E-state index is 12.8. The number of ether oxygens (including phenoxy) is 1. The lowest BCUT2D eigenvalue weighted by molar-refractivity contribution is 0.0234. The minimum atomic E-state index is -0.313. The first-order valence-corrected chi connectivity index (χ1v) is 9.23. The van der Waals surface area contributed by atoms with Crippen LogP contribution in [0.15, 0.2) is 54.7 Å². The molecule has 1 fully saturated rings. The zero-order valence-corrected chi connectivity index (χ0v) is 15.5. The Morgan fingerprint density at radius 1 is 1.25 bits per heavy atom. The average molecular weight is 378 g/mol. The molecule has 0 aliphatic heterocycles. The van der Waals surface area contributed by atoms with Crippen LogP contribution in [0.3, 0.4) is 0 Å². The van der Waals surface area contributed by atoms with Crippen LogP contribution in [-0.2, 0) is 0 Å². The van der Waals surface area contributed by atoms with E-state index in [1.807, 2.05) is 36.4 Å². The number of hydrogen-bond donors (Lipinski definition) is 3. The summed E-state index contributed by atoms with van der Waals surface area (Å²) >= 11 is 0. The third-order valence-electron chi connectivity index (χ3n) is 5.13. The van der Waals surface area contributed by atoms with Crippen molar-refractivity contribution in [3.8, 4) is 17.1 Å². The summed E-state index contributed by atoms with van der Waals surface area (Å²) in [6.07, 6.45) is 2.69. The molecule has 1 saturated carbocycles. The molecule has 2 aromatic heterocycles. The molecule has 0 radical (unpaired) electrons. The summed E-state index contributed by atoms with van der Waals surface area (Å²) in [4.78, 5) is 17.1. The molecule has 0 spiro atoms. The summed E-state index contributed by atoms with van der Waals surface area (Å²) in [6.45, 7) is 0. The Labute approximate surface area is 162 Å². The molecule has 144 valence electrons. The number of aromatic nitrogens is 3. The molecule has 3 aromatic rings. The van der Waals surface area contributed by atoms with E-state index in [9.17, 15) is 9.90 Å². The lowest BCUT2D eigenvalue weighted by atomic mass is 9.75. The molecule has 0 bridgehead atoms. The number of methoxy groups -OCH3 is 1. The van der Waals surface area contributed by atoms with E-state index in [1.165, 1.54) is 0 Å². The number of nitrogens with one attached hydrogen (secondary N) is 2. The number of aliphatic hydroxyl groups excluding tert-OH is 1. The van der Waals surface area contributed by atoms with Gasteiger partial charge in [-0.15, -0.1) is 0 Å². The van der Waals surface area contributed by atoms with Crippen molar-refractivity contribution in [2.45, 2.75) is 25.0 Å². The molecule has 1 atom stereocenters. The molecule has 28 heavy (non-hydrogen) atoms. The number of aliphatic hydroxyl groups is 1. The second-order valence-electron chi connectivity index (χ2n) is 7.00. The van der Waals surface area contributed by atoms with Crippen LogP contribution in [0.25, 0.3) is 11.3 Å². The van der Waals surface area contributed by atoms with Crippen molar-refractivity contribution in [1.82, 2.24) is 20.5 Å². The third kappa shape index (κ3) is 3.75. The van der Waals surface area contributed by atoms with Gasteiger partial charge in [-0.05, 0) is 30.4 Å². The standard InChI is InChI=1S/C21H22N4O3/c1-28-19-8-7-14(12-22-19)20(15-9-16(26)10-15)23-21(27)18-11-17(24-25-18)13-5-3-2-4-6-13/h2-8,11-12,15-16,20,26H,9-10H2,1H3,(H,23,27)(H,24,25). The highest BCUT2D eigenvalue weighted by Crippen LogP contribution is 2.38. The van der Waals surface area contributed by atoms with E-state index in [-0.39, 0.29) is 24.0 Å². The molecule has 0 saturated heterocycles. The first kappa shape index (κ1) is 18.2. The number of amides is 1. The number of aromatic amines is 1. The Bertz CT molecular complexity index is 934. The van der Waals surface area contributed by atoms with Crippen LogP contribution in [0.4, 0.5) is 0 Å². The van der Waals surface area contributed by atoms with Crippen LogP contribution in [0.5, 0.6) is 5.88 Å². The normalized spacial score (nSPS) is 19.5. The SMILES string of the molecule is COc1ccc(C(NC(=O)c2cc(-c3ccccc3)n[nH]2)C2CC(O)C2)cn1. The number of H-pyrrole nitrogens is 1. The number of carbonyl (C=O) groups excluding carboxylic acids is 1. The van der Waals surface area contributed by atoms with Crippen LogP contribution in [0.2, 0.25) is 0 Å². The second-order valence-corrected chi connectivity index (χ2v) is 7.00. The maximum atomic E-state index is 12.8. The molecule has 1 aromatic carbocycles. The van der Waals surface area contributed by atoms with Crippen molar-refractivity contribution in [2.75, 3.05) is 7.11 Å². The summed E-state index contributed by atoms with van der Waals surface area (Å²) in [6, 6.07) is 14.8. The molecule has 1 amide bonds. The summed E-state index contributed by atoms with van der Waals surface area (Å²) in [5, 5.41) is 19.8. The predicted molar refractivity (Wildman–Crippen MR) is 104 cm³/mol. The van der Waals surface area contributed by atoms with Crippen LogP contribution >= 0.6 is 0 Å². The van der Waals surface area contributed by atoms with Gasteiger partial charge in [0.1, 0.15) is 5.69 Å². The highest BCUT2D eigenvalue weighted by molar-refractivity contribution is 5.93. The van der Waals surface area contributed by atoms with E-state index in [0.717, 1.165) is 11.1 Å². The van der Waals surface area contributed by atoms with Gasteiger partial charge in [0, 0.05) is 17.8 Å². The fourth-order valence-corrected chi connectivity index (χ4v) is 3.49. The van der Waals surface area contributed by atoms with E-state index < -0.39 is 0 Å². The molecular formula is C21H22N4O3. The summed E-state index contributed by atoms with van der Waals surface area (Å²) in [7, 11) is 1.56. The van der Waals surface area contributed by atoms with Crippen molar-refractivity contribution in [2.24, 2.45) is 5.92 Å². The first-order valence-electron chi connectivity index (χ1n) is 9.23. The molecule has 4 rings (SSSR count). The summed E-state index contributed by atoms with van der Waals surface area (Å²) in [5.41, 5.74) is 2.93. The highest BCUT2D eigenvalue weighted by Gasteiger charge is 2.36. The molecule has 7 heteroatoms. The Hall–Kier alpha value is -3.19. The lowest BCUT2D eigenvalue weighted by Crippen LogP contribution is -2.41. The molecular weight excluding hydrogens is 356 g/mol. The van der Waals surface area contributed by atoms with Gasteiger partial charge >= 0.3 is 0 Å². The number of rotatable bonds is 6. The van der Waals surface area contributed by atoms with E-state index in [0.29, 0.717) is 30.1 Å². The van der Waals surface area contributed by atoms with Gasteiger partial charge in [0.15, 0.2) is 0 Å². The molecule has 1 unspecified atom stereocenters. The smallest absolute Gasteiger partial charge is 0.269 e. The third-order valence-corrected chi connectivity index (χ3v) is 5.13. The molecule has 1 aliphatic rings. The highest BCUT2D eigenvalue weighted by atomic mass is 16.5. The largest absolute Gasteiger partial charge is 0.481 e. The fraction of sp³-hybridized carbons (Fsp3) is 0.286. The monoisotopic (exact) mass is 378 g/mol. The van der Waals surface area contributed by atoms with Crippen LogP contribution < -0.4 is 10.1 Å². The Kier molecular flexibility index (Phi) is 5.08. The lowest BCUT2D eigenvalue weighted by Gasteiger charge is -2.38. The first-order chi connectivity index (χ1) is 13.6. The van der Waals surface area contributed by atoms with Crippen LogP contribution in [0.1, 0.15) is 34.9 Å². The van der Waals surface area contributed by atoms with Gasteiger partial charge in [0.2, 0.25) is 5.88 Å². The van der Waals surface area contributed by atoms with E-state index >= 15 is 0 Å². The maximum Gasteiger partial charge on any atom is 0.269 e. The van der Waals surface area contributed by atoms with Gasteiger partial charge < -0.3 is 15.2 Å². The minimum absolute atomic E-state index is 0.158. The number of carbonyl (C=O) groups is 1. The zero-order valence-electron chi connectivity index (χ0n) is 15.5. The van der Waals surface area contributed by atoms with Crippen LogP contribution in [-0.4, -0.2) is 39.4 Å². The van der Waals surface area contributed by atoms with Gasteiger partial charge in [-0.3, -0.25) is 9.89 Å². The van der Waals surface area contributed by atoms with Gasteiger partial charge in [-0.2, -0.15) is 5.10 Å². The van der Waals surface area contributed by atoms with Gasteiger partial charge in [0.05, 0.1) is 24.9 Å². The van der Waals surface area contributed by atoms with E-state index in [2.05, 4.69) is 20.5 Å². The minimum Gasteiger partial charge on any atom is -0.481 e. The Morgan fingerprint density at radius 2 is 2.04 bits per heavy atom. The van der Waals surface area contributed by atoms with E-state index in [4.69, 9.17) is 4.74 Å². The number of benzene rings is 1. The zero-order chi connectivity index (χ0) is 19.5. The van der Waals surface area contributed by atoms with Crippen molar-refractivity contribution in [1.29, 1.82) is 0 Å². The Morgan fingerprint density at radius 3 is 2.68 bits per heavy atom. The van der Waals surface area contributed by atoms with Crippen LogP contribution in [0, 0.1) is 5.92 Å². The van der Waals surface area contributed by atoms with Gasteiger partial charge in [0.25, 0.3) is 5.91 Å². The van der Waals surface area contributed by atoms with Crippen molar-refractivity contribution in [3.05, 3.63) is 66.0 Å². The average Bonchev–Trinajstić information content (AvgIpc) is 3.21. The molecule has 7 nitrogen and oxygen atoms in total. The second kappa shape index (κ2) is 7.82. The Balaban J connectivity index is 1.53. The topological polar surface area (TPSA) is 100 Å². The molecule has 2 heterocycles. The number of pyridine rings is 1. The van der Waals surface area contributed by atoms with Gasteiger partial charge in [-0.1, -0.05) is 36.4 Å². The summed E-state index contributed by atoms with van der Waals surface area (Å²) < 4.78 is 5.11. The molecule has 3 N–H and O–H groups in total. The number of hydrogen-bond acceptors (Lipinski definition) is 5. The van der Waals surface area contributed by atoms with Crippen molar-refractivity contribution in [3.63, 3.8) is 0 Å². The molecule has 1 aliphatic carbocycles. The van der Waals surface area contributed by atoms with Gasteiger partial charge in [-0.25, -0.2) is 4.98 Å². The summed E-state index contributed by atoms with van der Waals surface area (Å²) in [5.74, 6) is 0.436.